The van der Waals surface area contributed by atoms with Gasteiger partial charge in [-0.3, -0.25) is 0 Å². The summed E-state index contributed by atoms with van der Waals surface area (Å²) in [4.78, 5) is 0. The van der Waals surface area contributed by atoms with Crippen LogP contribution in [0.1, 0.15) is 50.7 Å². The molecule has 0 amide bonds. The van der Waals surface area contributed by atoms with Crippen molar-refractivity contribution in [2.45, 2.75) is 50.7 Å². The van der Waals surface area contributed by atoms with Gasteiger partial charge in [-0.1, -0.05) is 43.1 Å². The smallest absolute Gasteiger partial charge is 0.0928 e. The van der Waals surface area contributed by atoms with Crippen molar-refractivity contribution in [3.05, 3.63) is 34.9 Å². The lowest BCUT2D eigenvalue weighted by molar-refractivity contribution is -0.0105. The predicted octanol–water partition coefficient (Wildman–Crippen LogP) is 3.29. The lowest BCUT2D eigenvalue weighted by Gasteiger charge is -2.36. The monoisotopic (exact) mass is 311 g/mol. The van der Waals surface area contributed by atoms with E-state index in [-0.39, 0.29) is 0 Å². The third kappa shape index (κ3) is 4.68. The summed E-state index contributed by atoms with van der Waals surface area (Å²) in [6.07, 6.45) is 4.45. The predicted molar refractivity (Wildman–Crippen MR) is 86.5 cm³/mol. The Morgan fingerprint density at radius 2 is 2.00 bits per heavy atom. The first-order valence-corrected chi connectivity index (χ1v) is 8.27. The van der Waals surface area contributed by atoms with Gasteiger partial charge in [0.15, 0.2) is 0 Å². The molecule has 0 bridgehead atoms. The number of benzene rings is 1. The van der Waals surface area contributed by atoms with Crippen LogP contribution in [0.25, 0.3) is 0 Å². The molecule has 1 aromatic rings. The molecule has 4 heteroatoms. The molecule has 0 radical (unpaired) electrons. The van der Waals surface area contributed by atoms with E-state index in [1.165, 1.54) is 6.42 Å². The number of aliphatic hydroxyl groups excluding tert-OH is 1. The highest BCUT2D eigenvalue weighted by molar-refractivity contribution is 6.31. The van der Waals surface area contributed by atoms with Crippen molar-refractivity contribution in [3.63, 3.8) is 0 Å². The summed E-state index contributed by atoms with van der Waals surface area (Å²) in [7, 11) is 0. The van der Waals surface area contributed by atoms with E-state index < -0.39 is 11.7 Å². The largest absolute Gasteiger partial charge is 0.389 e. The van der Waals surface area contributed by atoms with Gasteiger partial charge in [0.25, 0.3) is 0 Å². The molecule has 0 aliphatic heterocycles. The van der Waals surface area contributed by atoms with Gasteiger partial charge < -0.3 is 15.5 Å². The Kier molecular flexibility index (Phi) is 6.06. The maximum Gasteiger partial charge on any atom is 0.0928 e. The van der Waals surface area contributed by atoms with E-state index in [1.54, 1.807) is 6.07 Å². The summed E-state index contributed by atoms with van der Waals surface area (Å²) >= 11 is 6.07. The van der Waals surface area contributed by atoms with E-state index in [2.05, 4.69) is 12.2 Å². The fourth-order valence-electron chi connectivity index (χ4n) is 3.10. The summed E-state index contributed by atoms with van der Waals surface area (Å²) < 4.78 is 0. The van der Waals surface area contributed by atoms with Crippen molar-refractivity contribution < 1.29 is 10.2 Å². The van der Waals surface area contributed by atoms with Gasteiger partial charge in [-0.2, -0.15) is 0 Å². The van der Waals surface area contributed by atoms with Crippen molar-refractivity contribution in [3.8, 4) is 0 Å². The van der Waals surface area contributed by atoms with Crippen molar-refractivity contribution in [2.24, 2.45) is 5.92 Å². The molecule has 1 aromatic carbocycles. The molecule has 2 rings (SSSR count). The summed E-state index contributed by atoms with van der Waals surface area (Å²) in [5.41, 5.74) is 0.111. The van der Waals surface area contributed by atoms with E-state index >= 15 is 0 Å². The molecule has 1 aliphatic rings. The van der Waals surface area contributed by atoms with E-state index in [1.807, 2.05) is 18.2 Å². The average Bonchev–Trinajstić information content (AvgIpc) is 2.48. The van der Waals surface area contributed by atoms with Crippen LogP contribution >= 0.6 is 11.6 Å². The molecule has 1 fully saturated rings. The highest BCUT2D eigenvalue weighted by Crippen LogP contribution is 2.33. The Labute approximate surface area is 132 Å². The molecule has 1 aliphatic carbocycles. The van der Waals surface area contributed by atoms with Gasteiger partial charge in [0, 0.05) is 23.7 Å². The van der Waals surface area contributed by atoms with Gasteiger partial charge in [-0.15, -0.1) is 0 Å². The van der Waals surface area contributed by atoms with E-state index in [0.717, 1.165) is 37.2 Å². The van der Waals surface area contributed by atoms with Gasteiger partial charge >= 0.3 is 0 Å². The second-order valence-corrected chi connectivity index (χ2v) is 6.65. The second kappa shape index (κ2) is 7.59. The fourth-order valence-corrected chi connectivity index (χ4v) is 3.36. The summed E-state index contributed by atoms with van der Waals surface area (Å²) in [6.45, 7) is 3.15. The first kappa shape index (κ1) is 16.8. The quantitative estimate of drug-likeness (QED) is 0.755. The zero-order valence-electron chi connectivity index (χ0n) is 12.7. The minimum Gasteiger partial charge on any atom is -0.389 e. The molecule has 1 atom stereocenters. The highest BCUT2D eigenvalue weighted by atomic mass is 35.5. The van der Waals surface area contributed by atoms with Crippen LogP contribution < -0.4 is 5.32 Å². The van der Waals surface area contributed by atoms with Crippen molar-refractivity contribution in [2.75, 3.05) is 13.1 Å². The van der Waals surface area contributed by atoms with Gasteiger partial charge in [0.1, 0.15) is 0 Å². The molecule has 0 spiro atoms. The van der Waals surface area contributed by atoms with Gasteiger partial charge in [-0.25, -0.2) is 0 Å². The van der Waals surface area contributed by atoms with Crippen molar-refractivity contribution >= 4 is 11.6 Å². The minimum atomic E-state index is -0.644. The lowest BCUT2D eigenvalue weighted by atomic mass is 9.78. The number of hydrogen-bond acceptors (Lipinski definition) is 3. The number of halogens is 1. The van der Waals surface area contributed by atoms with Crippen LogP contribution in [0.3, 0.4) is 0 Å². The van der Waals surface area contributed by atoms with Crippen LogP contribution in [-0.4, -0.2) is 28.9 Å². The van der Waals surface area contributed by atoms with Gasteiger partial charge in [-0.05, 0) is 37.7 Å². The van der Waals surface area contributed by atoms with Crippen LogP contribution in [0.15, 0.2) is 24.3 Å². The Bertz CT molecular complexity index is 444. The number of nitrogens with one attached hydrogen (secondary N) is 1. The topological polar surface area (TPSA) is 52.5 Å². The van der Waals surface area contributed by atoms with Gasteiger partial charge in [0.2, 0.25) is 0 Å². The molecule has 1 saturated carbocycles. The molecule has 0 saturated heterocycles. The van der Waals surface area contributed by atoms with Gasteiger partial charge in [0.05, 0.1) is 11.7 Å². The second-order valence-electron chi connectivity index (χ2n) is 6.24. The highest BCUT2D eigenvalue weighted by Gasteiger charge is 2.32. The minimum absolute atomic E-state index is 0.406. The van der Waals surface area contributed by atoms with Crippen molar-refractivity contribution in [1.29, 1.82) is 0 Å². The van der Waals surface area contributed by atoms with Crippen LogP contribution in [0.2, 0.25) is 5.02 Å². The molecule has 118 valence electrons. The van der Waals surface area contributed by atoms with E-state index in [0.29, 0.717) is 18.1 Å². The Morgan fingerprint density at radius 3 is 2.62 bits per heavy atom. The number of rotatable bonds is 6. The van der Waals surface area contributed by atoms with Crippen LogP contribution in [0.4, 0.5) is 0 Å². The lowest BCUT2D eigenvalue weighted by Crippen LogP contribution is -2.44. The van der Waals surface area contributed by atoms with Crippen LogP contribution in [0, 0.1) is 5.92 Å². The molecule has 3 nitrogen and oxygen atoms in total. The summed E-state index contributed by atoms with van der Waals surface area (Å²) in [6, 6.07) is 7.32. The Hall–Kier alpha value is -0.610. The molecule has 0 heterocycles. The van der Waals surface area contributed by atoms with E-state index in [4.69, 9.17) is 11.6 Å². The average molecular weight is 312 g/mol. The zero-order chi connectivity index (χ0) is 15.3. The normalized spacial score (nSPS) is 27.5. The van der Waals surface area contributed by atoms with Crippen molar-refractivity contribution in [1.82, 2.24) is 5.32 Å². The zero-order valence-corrected chi connectivity index (χ0v) is 13.4. The molecule has 3 N–H and O–H groups in total. The molecule has 0 aromatic heterocycles. The molecular weight excluding hydrogens is 286 g/mol. The first-order valence-electron chi connectivity index (χ1n) is 7.89. The molecule has 21 heavy (non-hydrogen) atoms. The maximum atomic E-state index is 10.6. The van der Waals surface area contributed by atoms with Crippen LogP contribution in [-0.2, 0) is 0 Å². The Morgan fingerprint density at radius 1 is 1.33 bits per heavy atom. The molecule has 1 unspecified atom stereocenters. The maximum absolute atomic E-state index is 10.6. The van der Waals surface area contributed by atoms with E-state index in [9.17, 15) is 10.2 Å². The third-order valence-electron chi connectivity index (χ3n) is 4.67. The molecular formula is C17H26ClNO2. The SMILES string of the molecule is CCC1CCC(O)(CNCC(O)c2ccccc2Cl)CC1. The standard InChI is InChI=1S/C17H26ClNO2/c1-2-13-7-9-17(21,10-8-13)12-19-11-16(20)14-5-3-4-6-15(14)18/h3-6,13,16,19-21H,2,7-12H2,1H3. The fraction of sp³-hybridized carbons (Fsp3) is 0.647. The Balaban J connectivity index is 1.78. The third-order valence-corrected chi connectivity index (χ3v) is 5.01. The number of hydrogen-bond donors (Lipinski definition) is 3. The summed E-state index contributed by atoms with van der Waals surface area (Å²) in [5.74, 6) is 0.763. The first-order chi connectivity index (χ1) is 10.0. The van der Waals surface area contributed by atoms with Crippen LogP contribution in [0.5, 0.6) is 0 Å². The number of aliphatic hydroxyl groups is 2. The summed E-state index contributed by atoms with van der Waals surface area (Å²) in [5, 5.41) is 24.5.